The van der Waals surface area contributed by atoms with Crippen LogP contribution in [0.5, 0.6) is 5.75 Å². The molecule has 2 aromatic carbocycles. The quantitative estimate of drug-likeness (QED) is 0.477. The van der Waals surface area contributed by atoms with Crippen LogP contribution in [0.4, 0.5) is 4.79 Å². The Morgan fingerprint density at radius 2 is 2.00 bits per heavy atom. The van der Waals surface area contributed by atoms with Crippen molar-refractivity contribution >= 4 is 17.7 Å². The third kappa shape index (κ3) is 6.48. The first kappa shape index (κ1) is 24.0. The predicted molar refractivity (Wildman–Crippen MR) is 127 cm³/mol. The number of aromatic nitrogens is 2. The van der Waals surface area contributed by atoms with Crippen LogP contribution in [0.1, 0.15) is 32.2 Å². The zero-order valence-electron chi connectivity index (χ0n) is 19.5. The Labute approximate surface area is 203 Å². The van der Waals surface area contributed by atoms with Gasteiger partial charge in [-0.25, -0.2) is 4.79 Å². The number of hydrogen-bond acceptors (Lipinski definition) is 7. The lowest BCUT2D eigenvalue weighted by Crippen LogP contribution is -2.48. The van der Waals surface area contributed by atoms with Gasteiger partial charge in [0.25, 0.3) is 5.89 Å². The highest BCUT2D eigenvalue weighted by Crippen LogP contribution is 2.28. The minimum absolute atomic E-state index is 0.131. The largest absolute Gasteiger partial charge is 0.484 e. The molecule has 1 amide bonds. The van der Waals surface area contributed by atoms with Crippen molar-refractivity contribution in [1.29, 1.82) is 0 Å². The SMILES string of the molecule is CC(C)(C)OC(=O)N1CCOC(Cc2ccc(OCc3noc(-c4ccccc4)n3)c(Cl)c2)C1. The van der Waals surface area contributed by atoms with E-state index in [-0.39, 0.29) is 18.8 Å². The molecule has 1 aliphatic heterocycles. The van der Waals surface area contributed by atoms with Crippen molar-refractivity contribution in [3.8, 4) is 17.2 Å². The first-order valence-electron chi connectivity index (χ1n) is 11.2. The number of rotatable bonds is 6. The van der Waals surface area contributed by atoms with E-state index in [0.717, 1.165) is 11.1 Å². The van der Waals surface area contributed by atoms with Crippen LogP contribution in [-0.4, -0.2) is 52.5 Å². The maximum atomic E-state index is 12.4. The Kier molecular flexibility index (Phi) is 7.38. The van der Waals surface area contributed by atoms with Gasteiger partial charge in [0.2, 0.25) is 5.82 Å². The van der Waals surface area contributed by atoms with Crippen molar-refractivity contribution in [2.75, 3.05) is 19.7 Å². The summed E-state index contributed by atoms with van der Waals surface area (Å²) < 4.78 is 22.4. The lowest BCUT2D eigenvalue weighted by atomic mass is 10.1. The monoisotopic (exact) mass is 485 g/mol. The number of amides is 1. The van der Waals surface area contributed by atoms with Gasteiger partial charge in [0, 0.05) is 18.5 Å². The minimum Gasteiger partial charge on any atom is -0.484 e. The summed E-state index contributed by atoms with van der Waals surface area (Å²) in [4.78, 5) is 18.4. The van der Waals surface area contributed by atoms with E-state index in [4.69, 9.17) is 30.3 Å². The smallest absolute Gasteiger partial charge is 0.410 e. The molecule has 4 rings (SSSR count). The number of benzene rings is 2. The summed E-state index contributed by atoms with van der Waals surface area (Å²) in [7, 11) is 0. The third-order valence-electron chi connectivity index (χ3n) is 5.10. The Morgan fingerprint density at radius 3 is 2.74 bits per heavy atom. The van der Waals surface area contributed by atoms with Gasteiger partial charge in [-0.15, -0.1) is 0 Å². The van der Waals surface area contributed by atoms with Crippen LogP contribution in [0.2, 0.25) is 5.02 Å². The molecule has 0 bridgehead atoms. The van der Waals surface area contributed by atoms with E-state index in [9.17, 15) is 4.79 Å². The van der Waals surface area contributed by atoms with Gasteiger partial charge in [-0.1, -0.05) is 41.0 Å². The first-order valence-corrected chi connectivity index (χ1v) is 11.5. The van der Waals surface area contributed by atoms with E-state index < -0.39 is 5.60 Å². The van der Waals surface area contributed by atoms with Gasteiger partial charge in [0.15, 0.2) is 6.61 Å². The fraction of sp³-hybridized carbons (Fsp3) is 0.400. The molecule has 1 unspecified atom stereocenters. The van der Waals surface area contributed by atoms with Gasteiger partial charge in [0.05, 0.1) is 24.3 Å². The molecule has 34 heavy (non-hydrogen) atoms. The van der Waals surface area contributed by atoms with Gasteiger partial charge in [-0.3, -0.25) is 0 Å². The van der Waals surface area contributed by atoms with Crippen LogP contribution in [0.3, 0.4) is 0 Å². The number of nitrogens with zero attached hydrogens (tertiary/aromatic N) is 3. The maximum absolute atomic E-state index is 12.4. The van der Waals surface area contributed by atoms with Crippen LogP contribution in [0.15, 0.2) is 53.1 Å². The van der Waals surface area contributed by atoms with E-state index in [2.05, 4.69) is 10.1 Å². The molecule has 0 spiro atoms. The molecular weight excluding hydrogens is 458 g/mol. The molecule has 1 aliphatic rings. The minimum atomic E-state index is -0.529. The average Bonchev–Trinajstić information content (AvgIpc) is 3.27. The maximum Gasteiger partial charge on any atom is 0.410 e. The van der Waals surface area contributed by atoms with E-state index in [1.807, 2.05) is 69.3 Å². The normalized spacial score (nSPS) is 16.4. The zero-order valence-corrected chi connectivity index (χ0v) is 20.2. The van der Waals surface area contributed by atoms with E-state index in [0.29, 0.717) is 48.6 Å². The lowest BCUT2D eigenvalue weighted by Gasteiger charge is -2.34. The lowest BCUT2D eigenvalue weighted by molar-refractivity contribution is -0.0415. The molecule has 8 nitrogen and oxygen atoms in total. The van der Waals surface area contributed by atoms with E-state index in [1.54, 1.807) is 4.90 Å². The van der Waals surface area contributed by atoms with Crippen molar-refractivity contribution in [3.05, 3.63) is 64.9 Å². The van der Waals surface area contributed by atoms with Crippen molar-refractivity contribution in [1.82, 2.24) is 15.0 Å². The second-order valence-electron chi connectivity index (χ2n) is 9.06. The fourth-order valence-electron chi connectivity index (χ4n) is 3.54. The highest BCUT2D eigenvalue weighted by molar-refractivity contribution is 6.32. The van der Waals surface area contributed by atoms with Crippen LogP contribution in [-0.2, 0) is 22.5 Å². The average molecular weight is 486 g/mol. The topological polar surface area (TPSA) is 86.9 Å². The summed E-state index contributed by atoms with van der Waals surface area (Å²) >= 11 is 6.45. The number of halogens is 1. The van der Waals surface area contributed by atoms with Crippen LogP contribution in [0, 0.1) is 0 Å². The van der Waals surface area contributed by atoms with E-state index in [1.165, 1.54) is 0 Å². The molecule has 1 aromatic heterocycles. The van der Waals surface area contributed by atoms with Crippen molar-refractivity contribution in [3.63, 3.8) is 0 Å². The van der Waals surface area contributed by atoms with E-state index >= 15 is 0 Å². The van der Waals surface area contributed by atoms with Crippen molar-refractivity contribution in [2.24, 2.45) is 0 Å². The predicted octanol–water partition coefficient (Wildman–Crippen LogP) is 5.15. The first-order chi connectivity index (χ1) is 16.3. The molecule has 1 fully saturated rings. The standard InChI is InChI=1S/C25H28ClN3O5/c1-25(2,3)33-24(30)29-11-12-31-19(15-29)13-17-9-10-21(20(26)14-17)32-16-22-27-23(34-28-22)18-7-5-4-6-8-18/h4-10,14,19H,11-13,15-16H2,1-3H3. The molecule has 9 heteroatoms. The number of hydrogen-bond donors (Lipinski definition) is 0. The Hall–Kier alpha value is -3.10. The molecular formula is C25H28ClN3O5. The molecule has 2 heterocycles. The summed E-state index contributed by atoms with van der Waals surface area (Å²) in [5, 5.41) is 4.44. The van der Waals surface area contributed by atoms with Gasteiger partial charge < -0.3 is 23.6 Å². The van der Waals surface area contributed by atoms with Gasteiger partial charge in [0.1, 0.15) is 11.4 Å². The van der Waals surface area contributed by atoms with Crippen LogP contribution < -0.4 is 4.74 Å². The molecule has 3 aromatic rings. The zero-order chi connectivity index (χ0) is 24.1. The molecule has 0 radical (unpaired) electrons. The Morgan fingerprint density at radius 1 is 1.21 bits per heavy atom. The second-order valence-corrected chi connectivity index (χ2v) is 9.47. The molecule has 180 valence electrons. The molecule has 0 saturated carbocycles. The second kappa shape index (κ2) is 10.4. The number of carbonyl (C=O) groups excluding carboxylic acids is 1. The Balaban J connectivity index is 1.32. The number of carbonyl (C=O) groups is 1. The molecule has 1 saturated heterocycles. The highest BCUT2D eigenvalue weighted by atomic mass is 35.5. The van der Waals surface area contributed by atoms with Crippen LogP contribution in [0.25, 0.3) is 11.5 Å². The summed E-state index contributed by atoms with van der Waals surface area (Å²) in [6.07, 6.45) is 0.157. The summed E-state index contributed by atoms with van der Waals surface area (Å²) in [6.45, 7) is 7.15. The summed E-state index contributed by atoms with van der Waals surface area (Å²) in [5.74, 6) is 1.39. The molecule has 1 atom stereocenters. The van der Waals surface area contributed by atoms with Crippen molar-refractivity contribution in [2.45, 2.75) is 45.5 Å². The fourth-order valence-corrected chi connectivity index (χ4v) is 3.80. The summed E-state index contributed by atoms with van der Waals surface area (Å²) in [6, 6.07) is 15.1. The molecule has 0 aliphatic carbocycles. The third-order valence-corrected chi connectivity index (χ3v) is 5.39. The van der Waals surface area contributed by atoms with Crippen molar-refractivity contribution < 1.29 is 23.5 Å². The number of ether oxygens (including phenoxy) is 3. The number of morpholine rings is 1. The summed E-state index contributed by atoms with van der Waals surface area (Å²) in [5.41, 5.74) is 1.30. The van der Waals surface area contributed by atoms with Crippen LogP contribution >= 0.6 is 11.6 Å². The van der Waals surface area contributed by atoms with Gasteiger partial charge in [-0.05, 0) is 50.6 Å². The van der Waals surface area contributed by atoms with Gasteiger partial charge >= 0.3 is 6.09 Å². The molecule has 0 N–H and O–H groups in total. The van der Waals surface area contributed by atoms with Gasteiger partial charge in [-0.2, -0.15) is 4.98 Å². The Bertz CT molecular complexity index is 1110. The highest BCUT2D eigenvalue weighted by Gasteiger charge is 2.28.